The van der Waals surface area contributed by atoms with Crippen LogP contribution in [0.2, 0.25) is 0 Å². The minimum absolute atomic E-state index is 0.0594. The van der Waals surface area contributed by atoms with Gasteiger partial charge in [0.05, 0.1) is 15.6 Å². The van der Waals surface area contributed by atoms with Gasteiger partial charge in [0.25, 0.3) is 5.91 Å². The number of carbonyl (C=O) groups excluding carboxylic acids is 1. The molecule has 0 saturated heterocycles. The van der Waals surface area contributed by atoms with E-state index in [9.17, 15) is 18.0 Å². The molecule has 2 aromatic carbocycles. The summed E-state index contributed by atoms with van der Waals surface area (Å²) in [6.07, 6.45) is -4.46. The molecule has 0 saturated carbocycles. The molecular weight excluding hydrogens is 349 g/mol. The van der Waals surface area contributed by atoms with Crippen LogP contribution in [0, 0.1) is 0 Å². The third kappa shape index (κ3) is 3.55. The second-order valence-electron chi connectivity index (χ2n) is 4.24. The van der Waals surface area contributed by atoms with Crippen molar-refractivity contribution in [2.75, 3.05) is 11.1 Å². The number of anilines is 2. The first-order valence-corrected chi connectivity index (χ1v) is 6.61. The van der Waals surface area contributed by atoms with E-state index in [-0.39, 0.29) is 11.3 Å². The zero-order chi connectivity index (χ0) is 15.6. The molecule has 0 aromatic heterocycles. The Hall–Kier alpha value is -2.02. The third-order valence-corrected chi connectivity index (χ3v) is 3.61. The predicted molar refractivity (Wildman–Crippen MR) is 78.0 cm³/mol. The van der Waals surface area contributed by atoms with E-state index >= 15 is 0 Å². The lowest BCUT2D eigenvalue weighted by atomic mass is 10.1. The van der Waals surface area contributed by atoms with Gasteiger partial charge in [-0.2, -0.15) is 13.2 Å². The van der Waals surface area contributed by atoms with Crippen LogP contribution < -0.4 is 11.1 Å². The molecule has 2 aromatic rings. The van der Waals surface area contributed by atoms with Crippen molar-refractivity contribution >= 4 is 33.2 Å². The van der Waals surface area contributed by atoms with Gasteiger partial charge in [-0.25, -0.2) is 0 Å². The first-order chi connectivity index (χ1) is 9.79. The summed E-state index contributed by atoms with van der Waals surface area (Å²) >= 11 is 3.17. The molecule has 0 spiro atoms. The Balaban J connectivity index is 2.26. The average molecular weight is 359 g/mol. The maximum absolute atomic E-state index is 12.6. The summed E-state index contributed by atoms with van der Waals surface area (Å²) in [7, 11) is 0. The van der Waals surface area contributed by atoms with Crippen molar-refractivity contribution in [1.82, 2.24) is 0 Å². The summed E-state index contributed by atoms with van der Waals surface area (Å²) in [6, 6.07) is 9.13. The largest absolute Gasteiger partial charge is 0.416 e. The summed E-state index contributed by atoms with van der Waals surface area (Å²) in [6.45, 7) is 0. The van der Waals surface area contributed by atoms with Gasteiger partial charge >= 0.3 is 6.18 Å². The SMILES string of the molecule is Nc1cccc(C(=O)Nc2cccc(C(F)(F)F)c2)c1Br. The number of carbonyl (C=O) groups is 1. The molecule has 0 bridgehead atoms. The number of halogens is 4. The molecule has 0 aliphatic rings. The summed E-state index contributed by atoms with van der Waals surface area (Å²) in [5, 5.41) is 2.41. The van der Waals surface area contributed by atoms with Gasteiger partial charge in [0.2, 0.25) is 0 Å². The Bertz CT molecular complexity index is 686. The zero-order valence-electron chi connectivity index (χ0n) is 10.5. The van der Waals surface area contributed by atoms with Crippen molar-refractivity contribution in [2.45, 2.75) is 6.18 Å². The van der Waals surface area contributed by atoms with E-state index in [4.69, 9.17) is 5.73 Å². The Morgan fingerprint density at radius 2 is 1.81 bits per heavy atom. The smallest absolute Gasteiger partial charge is 0.398 e. The molecule has 0 aliphatic carbocycles. The van der Waals surface area contributed by atoms with Crippen molar-refractivity contribution in [3.8, 4) is 0 Å². The number of hydrogen-bond donors (Lipinski definition) is 2. The molecule has 110 valence electrons. The topological polar surface area (TPSA) is 55.1 Å². The van der Waals surface area contributed by atoms with Crippen molar-refractivity contribution in [2.24, 2.45) is 0 Å². The van der Waals surface area contributed by atoms with Crippen LogP contribution >= 0.6 is 15.9 Å². The molecule has 2 rings (SSSR count). The third-order valence-electron chi connectivity index (χ3n) is 2.72. The van der Waals surface area contributed by atoms with E-state index < -0.39 is 17.6 Å². The standard InChI is InChI=1S/C14H10BrF3N2O/c15-12-10(5-2-6-11(12)19)13(21)20-9-4-1-3-8(7-9)14(16,17)18/h1-7H,19H2,(H,20,21). The number of rotatable bonds is 2. The van der Waals surface area contributed by atoms with Crippen molar-refractivity contribution in [3.05, 3.63) is 58.1 Å². The number of amides is 1. The Morgan fingerprint density at radius 3 is 2.48 bits per heavy atom. The Labute approximate surface area is 127 Å². The first-order valence-electron chi connectivity index (χ1n) is 5.81. The predicted octanol–water partition coefficient (Wildman–Crippen LogP) is 4.30. The highest BCUT2D eigenvalue weighted by Crippen LogP contribution is 2.31. The Kier molecular flexibility index (Phi) is 4.22. The van der Waals surface area contributed by atoms with Crippen LogP contribution in [0.5, 0.6) is 0 Å². The molecule has 0 atom stereocenters. The van der Waals surface area contributed by atoms with Gasteiger partial charge < -0.3 is 11.1 Å². The minimum Gasteiger partial charge on any atom is -0.398 e. The molecule has 0 radical (unpaired) electrons. The van der Waals surface area contributed by atoms with E-state index in [1.165, 1.54) is 18.2 Å². The van der Waals surface area contributed by atoms with Crippen LogP contribution in [0.15, 0.2) is 46.9 Å². The van der Waals surface area contributed by atoms with Crippen molar-refractivity contribution in [1.29, 1.82) is 0 Å². The first kappa shape index (κ1) is 15.4. The maximum atomic E-state index is 12.6. The lowest BCUT2D eigenvalue weighted by molar-refractivity contribution is -0.137. The van der Waals surface area contributed by atoms with Gasteiger partial charge in [-0.1, -0.05) is 12.1 Å². The van der Waals surface area contributed by atoms with E-state index in [1.807, 2.05) is 0 Å². The highest BCUT2D eigenvalue weighted by molar-refractivity contribution is 9.10. The van der Waals surface area contributed by atoms with Crippen LogP contribution in [0.1, 0.15) is 15.9 Å². The van der Waals surface area contributed by atoms with Crippen molar-refractivity contribution < 1.29 is 18.0 Å². The quantitative estimate of drug-likeness (QED) is 0.786. The van der Waals surface area contributed by atoms with E-state index in [1.54, 1.807) is 12.1 Å². The van der Waals surface area contributed by atoms with Gasteiger partial charge in [0.1, 0.15) is 0 Å². The fourth-order valence-corrected chi connectivity index (χ4v) is 2.14. The minimum atomic E-state index is -4.46. The number of benzene rings is 2. The molecule has 0 heterocycles. The summed E-state index contributed by atoms with van der Waals surface area (Å²) in [4.78, 5) is 12.1. The zero-order valence-corrected chi connectivity index (χ0v) is 12.1. The second kappa shape index (κ2) is 5.77. The van der Waals surface area contributed by atoms with Crippen LogP contribution in [0.4, 0.5) is 24.5 Å². The number of alkyl halides is 3. The maximum Gasteiger partial charge on any atom is 0.416 e. The molecule has 0 aliphatic heterocycles. The molecule has 1 amide bonds. The molecule has 7 heteroatoms. The van der Waals surface area contributed by atoms with Crippen LogP contribution in [-0.4, -0.2) is 5.91 Å². The van der Waals surface area contributed by atoms with E-state index in [2.05, 4.69) is 21.2 Å². The highest BCUT2D eigenvalue weighted by Gasteiger charge is 2.30. The number of nitrogens with two attached hydrogens (primary N) is 1. The van der Waals surface area contributed by atoms with E-state index in [0.29, 0.717) is 10.2 Å². The molecule has 3 N–H and O–H groups in total. The van der Waals surface area contributed by atoms with Gasteiger partial charge in [-0.3, -0.25) is 4.79 Å². The van der Waals surface area contributed by atoms with Crippen LogP contribution in [0.3, 0.4) is 0 Å². The summed E-state index contributed by atoms with van der Waals surface area (Å²) < 4.78 is 38.2. The fraction of sp³-hybridized carbons (Fsp3) is 0.0714. The molecule has 21 heavy (non-hydrogen) atoms. The fourth-order valence-electron chi connectivity index (χ4n) is 1.70. The summed E-state index contributed by atoms with van der Waals surface area (Å²) in [5.41, 5.74) is 5.50. The monoisotopic (exact) mass is 358 g/mol. The molecule has 0 fully saturated rings. The number of nitrogen functional groups attached to an aromatic ring is 1. The highest BCUT2D eigenvalue weighted by atomic mass is 79.9. The normalized spacial score (nSPS) is 11.2. The lowest BCUT2D eigenvalue weighted by Gasteiger charge is -2.11. The summed E-state index contributed by atoms with van der Waals surface area (Å²) in [5.74, 6) is -0.548. The Morgan fingerprint density at radius 1 is 1.14 bits per heavy atom. The van der Waals surface area contributed by atoms with Crippen LogP contribution in [0.25, 0.3) is 0 Å². The molecular formula is C14H10BrF3N2O. The van der Waals surface area contributed by atoms with Crippen LogP contribution in [-0.2, 0) is 6.18 Å². The van der Waals surface area contributed by atoms with Crippen molar-refractivity contribution in [3.63, 3.8) is 0 Å². The van der Waals surface area contributed by atoms with Gasteiger partial charge in [0, 0.05) is 11.4 Å². The number of hydrogen-bond acceptors (Lipinski definition) is 2. The van der Waals surface area contributed by atoms with Gasteiger partial charge in [0.15, 0.2) is 0 Å². The lowest BCUT2D eigenvalue weighted by Crippen LogP contribution is -2.14. The molecule has 0 unspecified atom stereocenters. The number of nitrogens with one attached hydrogen (secondary N) is 1. The van der Waals surface area contributed by atoms with Gasteiger partial charge in [-0.05, 0) is 46.3 Å². The van der Waals surface area contributed by atoms with E-state index in [0.717, 1.165) is 12.1 Å². The second-order valence-corrected chi connectivity index (χ2v) is 5.03. The molecule has 3 nitrogen and oxygen atoms in total. The van der Waals surface area contributed by atoms with Gasteiger partial charge in [-0.15, -0.1) is 0 Å². The average Bonchev–Trinajstić information content (AvgIpc) is 2.41.